The number of nitrogens with one attached hydrogen (secondary N) is 1. The fraction of sp³-hybridized carbons (Fsp3) is 0.562. The molecule has 1 aliphatic rings. The van der Waals surface area contributed by atoms with Gasteiger partial charge in [-0.1, -0.05) is 31.9 Å². The predicted molar refractivity (Wildman–Crippen MR) is 93.5 cm³/mol. The number of amides is 1. The molecule has 128 valence electrons. The molecule has 2 rings (SSSR count). The van der Waals surface area contributed by atoms with Crippen LogP contribution in [0.3, 0.4) is 0 Å². The summed E-state index contributed by atoms with van der Waals surface area (Å²) in [6.45, 7) is 3.42. The Morgan fingerprint density at radius 2 is 2.09 bits per heavy atom. The van der Waals surface area contributed by atoms with Gasteiger partial charge in [0.2, 0.25) is 15.9 Å². The second-order valence-corrected chi connectivity index (χ2v) is 8.54. The average molecular weight is 403 g/mol. The summed E-state index contributed by atoms with van der Waals surface area (Å²) in [4.78, 5) is 12.4. The third kappa shape index (κ3) is 4.55. The highest BCUT2D eigenvalue weighted by molar-refractivity contribution is 9.10. The van der Waals surface area contributed by atoms with E-state index in [-0.39, 0.29) is 23.3 Å². The van der Waals surface area contributed by atoms with Gasteiger partial charge in [0, 0.05) is 24.1 Å². The van der Waals surface area contributed by atoms with Gasteiger partial charge < -0.3 is 5.32 Å². The van der Waals surface area contributed by atoms with Crippen LogP contribution >= 0.6 is 15.9 Å². The van der Waals surface area contributed by atoms with E-state index in [1.807, 2.05) is 0 Å². The first-order valence-electron chi connectivity index (χ1n) is 7.99. The Labute approximate surface area is 146 Å². The zero-order valence-corrected chi connectivity index (χ0v) is 15.7. The fourth-order valence-corrected chi connectivity index (χ4v) is 5.15. The molecule has 1 N–H and O–H groups in total. The van der Waals surface area contributed by atoms with E-state index < -0.39 is 10.0 Å². The van der Waals surface area contributed by atoms with Gasteiger partial charge in [-0.15, -0.1) is 0 Å². The third-order valence-electron chi connectivity index (χ3n) is 4.06. The van der Waals surface area contributed by atoms with Crippen LogP contribution in [0.2, 0.25) is 0 Å². The lowest BCUT2D eigenvalue weighted by atomic mass is 10.1. The molecule has 1 unspecified atom stereocenters. The Bertz CT molecular complexity index is 648. The Kier molecular flexibility index (Phi) is 6.61. The number of unbranched alkanes of at least 4 members (excludes halogenated alkanes) is 2. The molecule has 23 heavy (non-hydrogen) atoms. The quantitative estimate of drug-likeness (QED) is 0.712. The van der Waals surface area contributed by atoms with Gasteiger partial charge in [-0.05, 0) is 40.9 Å². The van der Waals surface area contributed by atoms with Crippen molar-refractivity contribution in [2.75, 3.05) is 19.6 Å². The molecule has 0 aromatic heterocycles. The largest absolute Gasteiger partial charge is 0.356 e. The summed E-state index contributed by atoms with van der Waals surface area (Å²) < 4.78 is 27.3. The van der Waals surface area contributed by atoms with Crippen molar-refractivity contribution in [1.82, 2.24) is 9.62 Å². The fourth-order valence-electron chi connectivity index (χ4n) is 2.68. The van der Waals surface area contributed by atoms with Gasteiger partial charge in [-0.25, -0.2) is 8.42 Å². The Hall–Kier alpha value is -0.920. The minimum atomic E-state index is -3.56. The molecule has 1 fully saturated rings. The number of halogens is 1. The van der Waals surface area contributed by atoms with Crippen molar-refractivity contribution in [2.45, 2.75) is 37.5 Å². The first-order chi connectivity index (χ1) is 11.0. The molecule has 0 radical (unpaired) electrons. The highest BCUT2D eigenvalue weighted by atomic mass is 79.9. The van der Waals surface area contributed by atoms with Gasteiger partial charge in [0.05, 0.1) is 10.8 Å². The summed E-state index contributed by atoms with van der Waals surface area (Å²) in [5, 5.41) is 2.91. The summed E-state index contributed by atoms with van der Waals surface area (Å²) in [7, 11) is -3.56. The van der Waals surface area contributed by atoms with Gasteiger partial charge in [-0.3, -0.25) is 4.79 Å². The zero-order valence-electron chi connectivity index (χ0n) is 13.3. The van der Waals surface area contributed by atoms with Gasteiger partial charge in [0.1, 0.15) is 0 Å². The normalized spacial score (nSPS) is 19.0. The Balaban J connectivity index is 1.97. The average Bonchev–Trinajstić information content (AvgIpc) is 3.02. The summed E-state index contributed by atoms with van der Waals surface area (Å²) in [6, 6.07) is 6.77. The van der Waals surface area contributed by atoms with Crippen LogP contribution < -0.4 is 5.32 Å². The highest BCUT2D eigenvalue weighted by Gasteiger charge is 2.36. The molecule has 1 aromatic rings. The molecule has 1 aromatic carbocycles. The molecular weight excluding hydrogens is 380 g/mol. The number of rotatable bonds is 7. The number of carbonyl (C=O) groups excluding carboxylic acids is 1. The molecule has 0 saturated carbocycles. The lowest BCUT2D eigenvalue weighted by Gasteiger charge is -2.17. The number of sulfonamides is 1. The summed E-state index contributed by atoms with van der Waals surface area (Å²) in [5.41, 5.74) is 0. The third-order valence-corrected chi connectivity index (χ3v) is 6.93. The Morgan fingerprint density at radius 1 is 1.35 bits per heavy atom. The summed E-state index contributed by atoms with van der Waals surface area (Å²) >= 11 is 3.29. The molecule has 7 heteroatoms. The number of nitrogens with zero attached hydrogens (tertiary/aromatic N) is 1. The van der Waals surface area contributed by atoms with E-state index >= 15 is 0 Å². The number of benzene rings is 1. The van der Waals surface area contributed by atoms with Crippen LogP contribution in [-0.4, -0.2) is 38.3 Å². The van der Waals surface area contributed by atoms with Crippen LogP contribution in [0.4, 0.5) is 0 Å². The number of hydrogen-bond acceptors (Lipinski definition) is 3. The molecule has 1 saturated heterocycles. The van der Waals surface area contributed by atoms with Gasteiger partial charge in [0.25, 0.3) is 0 Å². The van der Waals surface area contributed by atoms with Crippen LogP contribution in [0, 0.1) is 5.92 Å². The van der Waals surface area contributed by atoms with Gasteiger partial charge in [0.15, 0.2) is 0 Å². The molecule has 1 atom stereocenters. The minimum Gasteiger partial charge on any atom is -0.356 e. The molecule has 0 spiro atoms. The molecule has 1 aliphatic heterocycles. The maximum Gasteiger partial charge on any atom is 0.244 e. The van der Waals surface area contributed by atoms with E-state index in [1.54, 1.807) is 24.3 Å². The van der Waals surface area contributed by atoms with Crippen LogP contribution in [0.1, 0.15) is 32.6 Å². The molecular formula is C16H23BrN2O3S. The van der Waals surface area contributed by atoms with Crippen molar-refractivity contribution >= 4 is 31.9 Å². The second kappa shape index (κ2) is 8.26. The lowest BCUT2D eigenvalue weighted by molar-refractivity contribution is -0.124. The first kappa shape index (κ1) is 18.4. The van der Waals surface area contributed by atoms with E-state index in [2.05, 4.69) is 28.2 Å². The Morgan fingerprint density at radius 3 is 2.78 bits per heavy atom. The van der Waals surface area contributed by atoms with Crippen molar-refractivity contribution in [3.63, 3.8) is 0 Å². The van der Waals surface area contributed by atoms with Crippen molar-refractivity contribution in [3.8, 4) is 0 Å². The van der Waals surface area contributed by atoms with Crippen LogP contribution in [0.25, 0.3) is 0 Å². The second-order valence-electron chi connectivity index (χ2n) is 5.78. The molecule has 0 bridgehead atoms. The maximum absolute atomic E-state index is 12.7. The first-order valence-corrected chi connectivity index (χ1v) is 10.2. The van der Waals surface area contributed by atoms with E-state index in [0.29, 0.717) is 24.0 Å². The molecule has 1 heterocycles. The van der Waals surface area contributed by atoms with Crippen LogP contribution in [0.15, 0.2) is 33.6 Å². The van der Waals surface area contributed by atoms with Gasteiger partial charge in [-0.2, -0.15) is 4.31 Å². The predicted octanol–water partition coefficient (Wildman–Crippen LogP) is 2.77. The minimum absolute atomic E-state index is 0.0362. The maximum atomic E-state index is 12.7. The highest BCUT2D eigenvalue weighted by Crippen LogP contribution is 2.28. The zero-order chi connectivity index (χ0) is 16.9. The molecule has 1 amide bonds. The van der Waals surface area contributed by atoms with E-state index in [1.165, 1.54) is 4.31 Å². The summed E-state index contributed by atoms with van der Waals surface area (Å²) in [6.07, 6.45) is 3.74. The van der Waals surface area contributed by atoms with Crippen molar-refractivity contribution in [1.29, 1.82) is 0 Å². The van der Waals surface area contributed by atoms with E-state index in [0.717, 1.165) is 19.3 Å². The van der Waals surface area contributed by atoms with Crippen molar-refractivity contribution in [3.05, 3.63) is 28.7 Å². The SMILES string of the molecule is CCCCCNC(=O)C1CCN(S(=O)(=O)c2ccccc2Br)C1. The van der Waals surface area contributed by atoms with Gasteiger partial charge >= 0.3 is 0 Å². The summed E-state index contributed by atoms with van der Waals surface area (Å²) in [5.74, 6) is -0.292. The van der Waals surface area contributed by atoms with Crippen molar-refractivity contribution in [2.24, 2.45) is 5.92 Å². The topological polar surface area (TPSA) is 66.5 Å². The number of carbonyl (C=O) groups is 1. The number of hydrogen-bond donors (Lipinski definition) is 1. The van der Waals surface area contributed by atoms with E-state index in [4.69, 9.17) is 0 Å². The molecule has 5 nitrogen and oxygen atoms in total. The van der Waals surface area contributed by atoms with Crippen LogP contribution in [-0.2, 0) is 14.8 Å². The lowest BCUT2D eigenvalue weighted by Crippen LogP contribution is -2.35. The standard InChI is InChI=1S/C16H23BrN2O3S/c1-2-3-6-10-18-16(20)13-9-11-19(12-13)23(21,22)15-8-5-4-7-14(15)17/h4-5,7-8,13H,2-3,6,9-12H2,1H3,(H,18,20). The molecule has 0 aliphatic carbocycles. The van der Waals surface area contributed by atoms with Crippen LogP contribution in [0.5, 0.6) is 0 Å². The smallest absolute Gasteiger partial charge is 0.244 e. The monoisotopic (exact) mass is 402 g/mol. The van der Waals surface area contributed by atoms with Crippen molar-refractivity contribution < 1.29 is 13.2 Å². The van der Waals surface area contributed by atoms with E-state index in [9.17, 15) is 13.2 Å².